The normalized spacial score (nSPS) is 15.6. The van der Waals surface area contributed by atoms with Crippen LogP contribution in [0.2, 0.25) is 5.02 Å². The minimum Gasteiger partial charge on any atom is -0.508 e. The molecule has 0 unspecified atom stereocenters. The summed E-state index contributed by atoms with van der Waals surface area (Å²) in [5.74, 6) is -0.201. The molecule has 2 heterocycles. The lowest BCUT2D eigenvalue weighted by atomic mass is 9.91. The number of nitrogens with one attached hydrogen (secondary N) is 1. The van der Waals surface area contributed by atoms with Crippen LogP contribution < -0.4 is 5.56 Å². The Balaban J connectivity index is 1.76. The first-order chi connectivity index (χ1) is 15.9. The molecule has 0 fully saturated rings. The van der Waals surface area contributed by atoms with Gasteiger partial charge in [0.25, 0.3) is 5.56 Å². The molecular formula is C26H20ClN3O3. The van der Waals surface area contributed by atoms with E-state index in [1.807, 2.05) is 36.4 Å². The molecule has 1 aliphatic heterocycles. The number of para-hydroxylation sites is 1. The van der Waals surface area contributed by atoms with Crippen LogP contribution in [0.25, 0.3) is 22.0 Å². The summed E-state index contributed by atoms with van der Waals surface area (Å²) in [5.41, 5.74) is 3.34. The molecule has 7 heteroatoms. The number of aromatic amines is 1. The average Bonchev–Trinajstić information content (AvgIpc) is 3.24. The number of phenols is 1. The van der Waals surface area contributed by atoms with Gasteiger partial charge in [0.15, 0.2) is 0 Å². The Morgan fingerprint density at radius 2 is 1.79 bits per heavy atom. The van der Waals surface area contributed by atoms with Crippen molar-refractivity contribution < 1.29 is 9.90 Å². The Bertz CT molecular complexity index is 1480. The molecule has 0 saturated carbocycles. The number of hydrogen-bond donors (Lipinski definition) is 2. The number of amides is 1. The highest BCUT2D eigenvalue weighted by atomic mass is 35.5. The van der Waals surface area contributed by atoms with Gasteiger partial charge >= 0.3 is 0 Å². The van der Waals surface area contributed by atoms with Gasteiger partial charge in [-0.1, -0.05) is 60.1 Å². The Kier molecular flexibility index (Phi) is 5.23. The number of benzene rings is 3. The van der Waals surface area contributed by atoms with Gasteiger partial charge in [-0.25, -0.2) is 5.01 Å². The predicted octanol–water partition coefficient (Wildman–Crippen LogP) is 5.25. The second-order valence-electron chi connectivity index (χ2n) is 7.95. The van der Waals surface area contributed by atoms with E-state index in [2.05, 4.69) is 10.1 Å². The van der Waals surface area contributed by atoms with Crippen molar-refractivity contribution in [2.24, 2.45) is 5.10 Å². The van der Waals surface area contributed by atoms with Crippen LogP contribution in [-0.2, 0) is 4.79 Å². The third-order valence-electron chi connectivity index (χ3n) is 5.86. The van der Waals surface area contributed by atoms with Crippen molar-refractivity contribution in [3.8, 4) is 16.9 Å². The lowest BCUT2D eigenvalue weighted by Gasteiger charge is -2.21. The molecule has 1 amide bonds. The number of nitrogens with zero attached hydrogens (tertiary/aromatic N) is 2. The Hall–Kier alpha value is -3.90. The Morgan fingerprint density at radius 3 is 2.52 bits per heavy atom. The van der Waals surface area contributed by atoms with Gasteiger partial charge < -0.3 is 10.1 Å². The van der Waals surface area contributed by atoms with Crippen LogP contribution in [0.3, 0.4) is 0 Å². The Labute approximate surface area is 194 Å². The van der Waals surface area contributed by atoms with Crippen molar-refractivity contribution in [1.29, 1.82) is 0 Å². The molecule has 164 valence electrons. The summed E-state index contributed by atoms with van der Waals surface area (Å²) in [4.78, 5) is 28.7. The van der Waals surface area contributed by atoms with Crippen LogP contribution in [0, 0.1) is 0 Å². The maximum atomic E-state index is 13.4. The highest BCUT2D eigenvalue weighted by molar-refractivity contribution is 6.31. The first-order valence-electron chi connectivity index (χ1n) is 10.5. The minimum absolute atomic E-state index is 0.0766. The highest BCUT2D eigenvalue weighted by Crippen LogP contribution is 2.39. The molecule has 1 aliphatic rings. The maximum Gasteiger partial charge on any atom is 0.258 e. The summed E-state index contributed by atoms with van der Waals surface area (Å²) >= 11 is 6.31. The van der Waals surface area contributed by atoms with E-state index in [-0.39, 0.29) is 23.6 Å². The fraction of sp³-hybridized carbons (Fsp3) is 0.115. The summed E-state index contributed by atoms with van der Waals surface area (Å²) < 4.78 is 0. The molecule has 0 aliphatic carbocycles. The lowest BCUT2D eigenvalue weighted by Crippen LogP contribution is -2.24. The van der Waals surface area contributed by atoms with Crippen molar-refractivity contribution in [3.05, 3.63) is 99.3 Å². The number of H-pyrrole nitrogens is 1. The van der Waals surface area contributed by atoms with Crippen LogP contribution in [0.4, 0.5) is 0 Å². The summed E-state index contributed by atoms with van der Waals surface area (Å²) in [6, 6.07) is 21.2. The number of carbonyl (C=O) groups is 1. The van der Waals surface area contributed by atoms with E-state index in [1.54, 1.807) is 36.4 Å². The van der Waals surface area contributed by atoms with E-state index in [9.17, 15) is 14.7 Å². The molecule has 3 aromatic carbocycles. The van der Waals surface area contributed by atoms with Crippen LogP contribution in [-0.4, -0.2) is 26.7 Å². The van der Waals surface area contributed by atoms with E-state index in [4.69, 9.17) is 11.6 Å². The zero-order valence-electron chi connectivity index (χ0n) is 17.7. The van der Waals surface area contributed by atoms with Crippen LogP contribution in [0.1, 0.15) is 30.5 Å². The van der Waals surface area contributed by atoms with Crippen molar-refractivity contribution >= 4 is 34.1 Å². The van der Waals surface area contributed by atoms with E-state index < -0.39 is 6.04 Å². The van der Waals surface area contributed by atoms with Gasteiger partial charge in [-0.15, -0.1) is 0 Å². The van der Waals surface area contributed by atoms with Gasteiger partial charge in [0, 0.05) is 40.4 Å². The molecule has 4 aromatic rings. The first-order valence-corrected chi connectivity index (χ1v) is 10.9. The standard InChI is InChI=1S/C26H20ClN3O3/c1-15(31)30-22(18-9-5-6-10-23(18)32)14-21(29-30)25-24(16-7-3-2-4-8-16)19-13-17(27)11-12-20(19)28-26(25)33/h2-13,22,32H,14H2,1H3,(H,28,33)/t22-/m0/s1. The summed E-state index contributed by atoms with van der Waals surface area (Å²) in [5, 5.41) is 17.6. The molecule has 5 rings (SSSR count). The van der Waals surface area contributed by atoms with E-state index in [0.717, 1.165) is 10.9 Å². The zero-order valence-corrected chi connectivity index (χ0v) is 18.5. The second kappa shape index (κ2) is 8.22. The summed E-state index contributed by atoms with van der Waals surface area (Å²) in [6.07, 6.45) is 0.284. The molecule has 33 heavy (non-hydrogen) atoms. The SMILES string of the molecule is CC(=O)N1N=C(c2c(-c3ccccc3)c3cc(Cl)ccc3[nH]c2=O)C[C@H]1c1ccccc1O. The fourth-order valence-electron chi connectivity index (χ4n) is 4.41. The molecule has 0 bridgehead atoms. The van der Waals surface area contributed by atoms with Crippen molar-refractivity contribution in [2.45, 2.75) is 19.4 Å². The molecule has 1 aromatic heterocycles. The highest BCUT2D eigenvalue weighted by Gasteiger charge is 2.35. The second-order valence-corrected chi connectivity index (χ2v) is 8.39. The van der Waals surface area contributed by atoms with E-state index in [1.165, 1.54) is 11.9 Å². The lowest BCUT2D eigenvalue weighted by molar-refractivity contribution is -0.130. The van der Waals surface area contributed by atoms with Crippen molar-refractivity contribution in [2.75, 3.05) is 0 Å². The Morgan fingerprint density at radius 1 is 1.06 bits per heavy atom. The number of fused-ring (bicyclic) bond motifs is 1. The van der Waals surface area contributed by atoms with Gasteiger partial charge in [0.05, 0.1) is 17.3 Å². The topological polar surface area (TPSA) is 85.8 Å². The van der Waals surface area contributed by atoms with Crippen LogP contribution in [0.5, 0.6) is 5.75 Å². The minimum atomic E-state index is -0.517. The third-order valence-corrected chi connectivity index (χ3v) is 6.09. The molecule has 0 saturated heterocycles. The third kappa shape index (κ3) is 3.68. The van der Waals surface area contributed by atoms with Gasteiger partial charge in [0.2, 0.25) is 5.91 Å². The predicted molar refractivity (Wildman–Crippen MR) is 130 cm³/mol. The van der Waals surface area contributed by atoms with Crippen molar-refractivity contribution in [3.63, 3.8) is 0 Å². The molecule has 0 spiro atoms. The number of aromatic nitrogens is 1. The van der Waals surface area contributed by atoms with Gasteiger partial charge in [-0.3, -0.25) is 9.59 Å². The van der Waals surface area contributed by atoms with Crippen molar-refractivity contribution in [1.82, 2.24) is 9.99 Å². The number of carbonyl (C=O) groups excluding carboxylic acids is 1. The van der Waals surface area contributed by atoms with Gasteiger partial charge in [-0.2, -0.15) is 5.10 Å². The fourth-order valence-corrected chi connectivity index (χ4v) is 4.58. The molecular weight excluding hydrogens is 438 g/mol. The zero-order chi connectivity index (χ0) is 23.1. The van der Waals surface area contributed by atoms with E-state index in [0.29, 0.717) is 32.9 Å². The van der Waals surface area contributed by atoms with Gasteiger partial charge in [0.1, 0.15) is 5.75 Å². The summed E-state index contributed by atoms with van der Waals surface area (Å²) in [6.45, 7) is 1.42. The molecule has 1 atom stereocenters. The monoisotopic (exact) mass is 457 g/mol. The number of halogens is 1. The number of phenolic OH excluding ortho intramolecular Hbond substituents is 1. The van der Waals surface area contributed by atoms with E-state index >= 15 is 0 Å². The largest absolute Gasteiger partial charge is 0.508 e. The van der Waals surface area contributed by atoms with Crippen LogP contribution >= 0.6 is 11.6 Å². The molecule has 6 nitrogen and oxygen atoms in total. The first kappa shape index (κ1) is 21.0. The quantitative estimate of drug-likeness (QED) is 0.440. The van der Waals surface area contributed by atoms with Crippen LogP contribution in [0.15, 0.2) is 82.7 Å². The number of aromatic hydroxyl groups is 1. The molecule has 2 N–H and O–H groups in total. The number of hydrogen-bond acceptors (Lipinski definition) is 4. The smallest absolute Gasteiger partial charge is 0.258 e. The number of rotatable bonds is 3. The maximum absolute atomic E-state index is 13.4. The number of pyridine rings is 1. The average molecular weight is 458 g/mol. The van der Waals surface area contributed by atoms with Gasteiger partial charge in [-0.05, 0) is 29.8 Å². The molecule has 0 radical (unpaired) electrons. The summed E-state index contributed by atoms with van der Waals surface area (Å²) in [7, 11) is 0. The number of hydrazone groups is 1.